The first-order valence-corrected chi connectivity index (χ1v) is 10.4. The van der Waals surface area contributed by atoms with Gasteiger partial charge in [-0.25, -0.2) is 9.80 Å². The zero-order valence-corrected chi connectivity index (χ0v) is 18.6. The molecule has 1 amide bonds. The number of halogens is 1. The van der Waals surface area contributed by atoms with Crippen LogP contribution in [-0.4, -0.2) is 41.2 Å². The summed E-state index contributed by atoms with van der Waals surface area (Å²) in [5.74, 6) is -0.888. The van der Waals surface area contributed by atoms with E-state index in [0.29, 0.717) is 22.9 Å². The van der Waals surface area contributed by atoms with Crippen LogP contribution in [0.15, 0.2) is 70.4 Å². The molecule has 34 heavy (non-hydrogen) atoms. The molecule has 1 unspecified atom stereocenters. The van der Waals surface area contributed by atoms with Crippen LogP contribution in [0, 0.1) is 10.1 Å². The molecule has 11 heteroatoms. The molecule has 10 nitrogen and oxygen atoms in total. The van der Waals surface area contributed by atoms with E-state index in [4.69, 9.17) is 20.8 Å². The minimum atomic E-state index is -0.729. The molecule has 1 aliphatic rings. The smallest absolute Gasteiger partial charge is 0.338 e. The zero-order valence-electron chi connectivity index (χ0n) is 17.8. The van der Waals surface area contributed by atoms with Crippen molar-refractivity contribution in [3.8, 4) is 5.75 Å². The lowest BCUT2D eigenvalue weighted by Crippen LogP contribution is -2.31. The van der Waals surface area contributed by atoms with E-state index in [0.717, 1.165) is 11.6 Å². The number of hydrogen-bond donors (Lipinski definition) is 0. The molecule has 0 saturated carbocycles. The van der Waals surface area contributed by atoms with E-state index in [-0.39, 0.29) is 11.3 Å². The average molecular weight is 484 g/mol. The number of carbonyl (C=O) groups excluding carboxylic acids is 2. The van der Waals surface area contributed by atoms with Crippen molar-refractivity contribution < 1.29 is 28.4 Å². The maximum absolute atomic E-state index is 13.0. The van der Waals surface area contributed by atoms with Crippen LogP contribution in [0.25, 0.3) is 0 Å². The quantitative estimate of drug-likeness (QED) is 0.277. The lowest BCUT2D eigenvalue weighted by atomic mass is 10.0. The Morgan fingerprint density at radius 1 is 1.24 bits per heavy atom. The topological polar surface area (TPSA) is 124 Å². The highest BCUT2D eigenvalue weighted by Gasteiger charge is 2.35. The minimum absolute atomic E-state index is 0.0116. The van der Waals surface area contributed by atoms with Gasteiger partial charge < -0.3 is 13.9 Å². The van der Waals surface area contributed by atoms with Gasteiger partial charge >= 0.3 is 11.7 Å². The van der Waals surface area contributed by atoms with E-state index in [1.807, 2.05) is 0 Å². The number of methoxy groups -OCH3 is 1. The number of nitro benzene ring substituents is 1. The summed E-state index contributed by atoms with van der Waals surface area (Å²) in [5, 5.41) is 17.7. The van der Waals surface area contributed by atoms with Crippen LogP contribution in [-0.2, 0) is 9.53 Å². The first kappa shape index (κ1) is 23.0. The third-order valence-corrected chi connectivity index (χ3v) is 5.39. The van der Waals surface area contributed by atoms with Gasteiger partial charge in [0.15, 0.2) is 12.4 Å². The van der Waals surface area contributed by atoms with Crippen molar-refractivity contribution in [3.05, 3.63) is 92.9 Å². The molecule has 4 rings (SSSR count). The summed E-state index contributed by atoms with van der Waals surface area (Å²) < 4.78 is 15.5. The monoisotopic (exact) mass is 483 g/mol. The number of ether oxygens (including phenoxy) is 2. The summed E-state index contributed by atoms with van der Waals surface area (Å²) in [5.41, 5.74) is 0.971. The first-order valence-electron chi connectivity index (χ1n) is 10.1. The Morgan fingerprint density at radius 3 is 2.65 bits per heavy atom. The molecule has 2 aromatic carbocycles. The molecular formula is C23H18ClN3O7. The summed E-state index contributed by atoms with van der Waals surface area (Å²) in [6, 6.07) is 13.6. The maximum Gasteiger partial charge on any atom is 0.338 e. The summed E-state index contributed by atoms with van der Waals surface area (Å²) in [7, 11) is 1.17. The van der Waals surface area contributed by atoms with Gasteiger partial charge in [0.05, 0.1) is 29.6 Å². The summed E-state index contributed by atoms with van der Waals surface area (Å²) >= 11 is 5.97. The fourth-order valence-corrected chi connectivity index (χ4v) is 3.62. The van der Waals surface area contributed by atoms with Crippen molar-refractivity contribution in [3.63, 3.8) is 0 Å². The van der Waals surface area contributed by atoms with E-state index in [1.165, 1.54) is 30.5 Å². The summed E-state index contributed by atoms with van der Waals surface area (Å²) in [6.07, 6.45) is 1.90. The number of nitrogens with zero attached hydrogens (tertiary/aromatic N) is 3. The fourth-order valence-electron chi connectivity index (χ4n) is 3.49. The van der Waals surface area contributed by atoms with E-state index in [2.05, 4.69) is 9.84 Å². The first-order chi connectivity index (χ1) is 16.4. The molecular weight excluding hydrogens is 466 g/mol. The number of hydrogen-bond acceptors (Lipinski definition) is 8. The molecule has 0 saturated heterocycles. The van der Waals surface area contributed by atoms with Gasteiger partial charge in [0.2, 0.25) is 0 Å². The lowest BCUT2D eigenvalue weighted by Gasteiger charge is -2.20. The Hall–Kier alpha value is -4.18. The van der Waals surface area contributed by atoms with Gasteiger partial charge in [0, 0.05) is 17.5 Å². The third-order valence-electron chi connectivity index (χ3n) is 5.14. The molecule has 0 bridgehead atoms. The number of furan rings is 1. The average Bonchev–Trinajstić information content (AvgIpc) is 3.52. The number of amides is 1. The minimum Gasteiger partial charge on any atom is -0.477 e. The molecule has 1 aromatic heterocycles. The predicted octanol–water partition coefficient (Wildman–Crippen LogP) is 4.38. The van der Waals surface area contributed by atoms with Crippen molar-refractivity contribution >= 4 is 34.9 Å². The van der Waals surface area contributed by atoms with Gasteiger partial charge in [-0.2, -0.15) is 5.10 Å². The van der Waals surface area contributed by atoms with Crippen LogP contribution in [0.4, 0.5) is 5.69 Å². The van der Waals surface area contributed by atoms with E-state index >= 15 is 0 Å². The SMILES string of the molecule is COC(=O)c1ccc(OCC(=O)N2N=C(c3ccc(Cl)cc3)CC2c2ccco2)c([N+](=O)[O-])c1. The van der Waals surface area contributed by atoms with Gasteiger partial charge in [0.1, 0.15) is 11.8 Å². The van der Waals surface area contributed by atoms with E-state index < -0.39 is 35.1 Å². The number of nitro groups is 1. The van der Waals surface area contributed by atoms with Crippen molar-refractivity contribution in [2.45, 2.75) is 12.5 Å². The second-order valence-electron chi connectivity index (χ2n) is 7.25. The lowest BCUT2D eigenvalue weighted by molar-refractivity contribution is -0.385. The Labute approximate surface area is 198 Å². The standard InChI is InChI=1S/C23H18ClN3O7/c1-32-23(29)15-6-9-21(19(11-15)27(30)31)34-13-22(28)26-18(20-3-2-10-33-20)12-17(25-26)14-4-7-16(24)8-5-14/h2-11,18H,12-13H2,1H3. The highest BCUT2D eigenvalue weighted by atomic mass is 35.5. The van der Waals surface area contributed by atoms with Crippen LogP contribution in [0.5, 0.6) is 5.75 Å². The van der Waals surface area contributed by atoms with Crippen LogP contribution >= 0.6 is 11.6 Å². The van der Waals surface area contributed by atoms with Gasteiger partial charge in [-0.05, 0) is 42.0 Å². The highest BCUT2D eigenvalue weighted by Crippen LogP contribution is 2.34. The van der Waals surface area contributed by atoms with Crippen LogP contribution in [0.3, 0.4) is 0 Å². The third kappa shape index (κ3) is 4.76. The van der Waals surface area contributed by atoms with E-state index in [9.17, 15) is 19.7 Å². The molecule has 3 aromatic rings. The second-order valence-corrected chi connectivity index (χ2v) is 7.68. The van der Waals surface area contributed by atoms with E-state index in [1.54, 1.807) is 36.4 Å². The molecule has 1 atom stereocenters. The molecule has 0 aliphatic carbocycles. The van der Waals surface area contributed by atoms with Crippen molar-refractivity contribution in [2.24, 2.45) is 5.10 Å². The normalized spacial score (nSPS) is 15.1. The van der Waals surface area contributed by atoms with Crippen LogP contribution < -0.4 is 4.74 Å². The number of esters is 1. The number of rotatable bonds is 7. The van der Waals surface area contributed by atoms with Crippen LogP contribution in [0.2, 0.25) is 5.02 Å². The van der Waals surface area contributed by atoms with Gasteiger partial charge in [-0.3, -0.25) is 14.9 Å². The number of hydrazone groups is 1. The highest BCUT2D eigenvalue weighted by molar-refractivity contribution is 6.30. The molecule has 0 radical (unpaired) electrons. The second kappa shape index (κ2) is 9.75. The molecule has 0 fully saturated rings. The Morgan fingerprint density at radius 2 is 2.00 bits per heavy atom. The Bertz CT molecular complexity index is 1260. The molecule has 1 aliphatic heterocycles. The van der Waals surface area contributed by atoms with Gasteiger partial charge in [-0.1, -0.05) is 23.7 Å². The van der Waals surface area contributed by atoms with Crippen molar-refractivity contribution in [1.29, 1.82) is 0 Å². The number of carbonyl (C=O) groups is 2. The fraction of sp³-hybridized carbons (Fsp3) is 0.174. The Balaban J connectivity index is 1.56. The van der Waals surface area contributed by atoms with Crippen LogP contribution in [0.1, 0.15) is 34.1 Å². The van der Waals surface area contributed by atoms with Gasteiger partial charge in [0.25, 0.3) is 5.91 Å². The molecule has 0 spiro atoms. The largest absolute Gasteiger partial charge is 0.477 e. The Kier molecular flexibility index (Phi) is 6.60. The summed E-state index contributed by atoms with van der Waals surface area (Å²) in [6.45, 7) is -0.521. The number of benzene rings is 2. The molecule has 2 heterocycles. The summed E-state index contributed by atoms with van der Waals surface area (Å²) in [4.78, 5) is 35.5. The van der Waals surface area contributed by atoms with Crippen molar-refractivity contribution in [2.75, 3.05) is 13.7 Å². The maximum atomic E-state index is 13.0. The zero-order chi connectivity index (χ0) is 24.2. The van der Waals surface area contributed by atoms with Gasteiger partial charge in [-0.15, -0.1) is 0 Å². The van der Waals surface area contributed by atoms with Crippen molar-refractivity contribution in [1.82, 2.24) is 5.01 Å². The predicted molar refractivity (Wildman–Crippen MR) is 121 cm³/mol. The molecule has 174 valence electrons. The molecule has 0 N–H and O–H groups in total.